The number of aromatic nitrogens is 2. The molecule has 1 aromatic carbocycles. The van der Waals surface area contributed by atoms with Crippen molar-refractivity contribution in [1.29, 1.82) is 0 Å². The van der Waals surface area contributed by atoms with Gasteiger partial charge in [-0.25, -0.2) is 27.9 Å². The number of nitrogens with zero attached hydrogens (tertiary/aromatic N) is 3. The summed E-state index contributed by atoms with van der Waals surface area (Å²) >= 11 is 0. The number of rotatable bonds is 13. The average Bonchev–Trinajstić information content (AvgIpc) is 2.95. The van der Waals surface area contributed by atoms with E-state index in [0.717, 1.165) is 23.3 Å². The summed E-state index contributed by atoms with van der Waals surface area (Å²) in [5.41, 5.74) is 1.87. The Labute approximate surface area is 259 Å². The number of amides is 1. The smallest absolute Gasteiger partial charge is 0.416 e. The van der Waals surface area contributed by atoms with Crippen molar-refractivity contribution < 1.29 is 27.9 Å². The minimum atomic E-state index is -4.06. The van der Waals surface area contributed by atoms with Crippen molar-refractivity contribution in [3.8, 4) is 0 Å². The number of unbranched alkanes of at least 4 members (excludes halogenated alkanes) is 1. The minimum Gasteiger partial charge on any atom is -0.480 e. The van der Waals surface area contributed by atoms with Crippen LogP contribution < -0.4 is 9.62 Å². The van der Waals surface area contributed by atoms with Crippen molar-refractivity contribution >= 4 is 27.9 Å². The lowest BCUT2D eigenvalue weighted by atomic mass is 9.62. The number of hydrogen-bond acceptors (Lipinski definition) is 7. The summed E-state index contributed by atoms with van der Waals surface area (Å²) in [6, 6.07) is 16.9. The summed E-state index contributed by atoms with van der Waals surface area (Å²) in [7, 11) is -4.06. The van der Waals surface area contributed by atoms with Gasteiger partial charge in [-0.15, -0.1) is 0 Å². The number of carbonyl (C=O) groups is 2. The third-order valence-electron chi connectivity index (χ3n) is 7.83. The van der Waals surface area contributed by atoms with Crippen LogP contribution in [-0.2, 0) is 31.4 Å². The van der Waals surface area contributed by atoms with Crippen molar-refractivity contribution in [3.05, 3.63) is 83.7 Å². The van der Waals surface area contributed by atoms with E-state index >= 15 is 0 Å². The van der Waals surface area contributed by atoms with E-state index in [2.05, 4.69) is 33.7 Å². The summed E-state index contributed by atoms with van der Waals surface area (Å²) in [6.45, 7) is 6.56. The molecule has 2 aromatic heterocycles. The predicted molar refractivity (Wildman–Crippen MR) is 168 cm³/mol. The maximum absolute atomic E-state index is 13.4. The Kier molecular flexibility index (Phi) is 10.4. The van der Waals surface area contributed by atoms with Gasteiger partial charge in [-0.05, 0) is 87.3 Å². The lowest BCUT2D eigenvalue weighted by Crippen LogP contribution is -2.40. The fraction of sp³-hybridized carbons (Fsp3) is 0.455. The molecule has 3 aromatic rings. The molecule has 1 atom stereocenters. The molecule has 0 radical (unpaired) electrons. The molecule has 1 aliphatic carbocycles. The maximum Gasteiger partial charge on any atom is 0.416 e. The van der Waals surface area contributed by atoms with E-state index in [9.17, 15) is 23.1 Å². The van der Waals surface area contributed by atoms with Gasteiger partial charge in [-0.3, -0.25) is 9.69 Å². The number of aliphatic carboxylic acids is 1. The standard InChI is InChI=1S/C33H42N4O6S/c1-5-6-18-33(19-10-20-33)25-16-14-24(15-17-25)22-27(36-44(41,42)29-13-7-8-21-34-29)26-11-9-12-28(35-26)37(23-30(38)39)31(40)43-32(2,3)4/h7-9,11-17,21,27,36H,5-6,10,18-20,22-23H2,1-4H3,(H,38,39). The molecule has 1 aliphatic rings. The molecule has 10 nitrogen and oxygen atoms in total. The fourth-order valence-electron chi connectivity index (χ4n) is 5.47. The third-order valence-corrected chi connectivity index (χ3v) is 9.22. The van der Waals surface area contributed by atoms with E-state index < -0.39 is 40.3 Å². The first-order chi connectivity index (χ1) is 20.8. The van der Waals surface area contributed by atoms with Crippen molar-refractivity contribution in [2.24, 2.45) is 0 Å². The van der Waals surface area contributed by atoms with Gasteiger partial charge in [0.05, 0.1) is 11.7 Å². The number of carboxylic acids is 1. The van der Waals surface area contributed by atoms with E-state index in [-0.39, 0.29) is 22.7 Å². The first kappa shape index (κ1) is 33.1. The van der Waals surface area contributed by atoms with Gasteiger partial charge in [0.2, 0.25) is 0 Å². The number of ether oxygens (including phenoxy) is 1. The lowest BCUT2D eigenvalue weighted by Gasteiger charge is -2.43. The van der Waals surface area contributed by atoms with E-state index in [1.54, 1.807) is 45.0 Å². The molecule has 1 fully saturated rings. The highest BCUT2D eigenvalue weighted by Gasteiger charge is 2.37. The predicted octanol–water partition coefficient (Wildman–Crippen LogP) is 6.18. The summed E-state index contributed by atoms with van der Waals surface area (Å²) in [5.74, 6) is -1.22. The van der Waals surface area contributed by atoms with Crippen LogP contribution >= 0.6 is 0 Å². The number of hydrogen-bond donors (Lipinski definition) is 2. The number of carboxylic acid groups (broad SMARTS) is 1. The molecule has 1 unspecified atom stereocenters. The zero-order valence-corrected chi connectivity index (χ0v) is 26.6. The number of benzene rings is 1. The second-order valence-electron chi connectivity index (χ2n) is 12.4. The number of nitrogens with one attached hydrogen (secondary N) is 1. The fourth-order valence-corrected chi connectivity index (χ4v) is 6.62. The van der Waals surface area contributed by atoms with Crippen LogP contribution in [0.5, 0.6) is 0 Å². The quantitative estimate of drug-likeness (QED) is 0.231. The summed E-state index contributed by atoms with van der Waals surface area (Å²) in [4.78, 5) is 34.1. The minimum absolute atomic E-state index is 0.0272. The van der Waals surface area contributed by atoms with Crippen LogP contribution in [-0.4, -0.2) is 47.7 Å². The van der Waals surface area contributed by atoms with Gasteiger partial charge in [0.15, 0.2) is 5.03 Å². The van der Waals surface area contributed by atoms with Crippen molar-refractivity contribution in [3.63, 3.8) is 0 Å². The van der Waals surface area contributed by atoms with Gasteiger partial charge in [0.25, 0.3) is 10.0 Å². The molecule has 11 heteroatoms. The molecule has 1 saturated carbocycles. The van der Waals surface area contributed by atoms with Crippen LogP contribution in [0.4, 0.5) is 10.6 Å². The van der Waals surface area contributed by atoms with Crippen LogP contribution in [0.2, 0.25) is 0 Å². The maximum atomic E-state index is 13.4. The molecule has 0 spiro atoms. The Bertz CT molecular complexity index is 1530. The Morgan fingerprint density at radius 3 is 2.36 bits per heavy atom. The number of pyridine rings is 2. The van der Waals surface area contributed by atoms with Gasteiger partial charge in [0.1, 0.15) is 18.0 Å². The third kappa shape index (κ3) is 8.41. The van der Waals surface area contributed by atoms with Gasteiger partial charge in [-0.1, -0.05) is 62.6 Å². The second-order valence-corrected chi connectivity index (χ2v) is 14.0. The lowest BCUT2D eigenvalue weighted by molar-refractivity contribution is -0.135. The van der Waals surface area contributed by atoms with Gasteiger partial charge in [0, 0.05) is 6.20 Å². The van der Waals surface area contributed by atoms with E-state index in [0.29, 0.717) is 5.69 Å². The summed E-state index contributed by atoms with van der Waals surface area (Å²) < 4.78 is 35.0. The Hall–Kier alpha value is -3.83. The highest BCUT2D eigenvalue weighted by Crippen LogP contribution is 2.47. The molecule has 2 heterocycles. The van der Waals surface area contributed by atoms with Crippen molar-refractivity contribution in [2.45, 2.75) is 94.7 Å². The van der Waals surface area contributed by atoms with Crippen molar-refractivity contribution in [2.75, 3.05) is 11.4 Å². The largest absolute Gasteiger partial charge is 0.480 e. The Balaban J connectivity index is 1.68. The highest BCUT2D eigenvalue weighted by molar-refractivity contribution is 7.89. The first-order valence-electron chi connectivity index (χ1n) is 15.0. The molecule has 2 N–H and O–H groups in total. The van der Waals surface area contributed by atoms with Crippen LogP contribution in [0.25, 0.3) is 0 Å². The zero-order valence-electron chi connectivity index (χ0n) is 25.8. The monoisotopic (exact) mass is 622 g/mol. The molecule has 0 bridgehead atoms. The highest BCUT2D eigenvalue weighted by atomic mass is 32.2. The molecular weight excluding hydrogens is 580 g/mol. The van der Waals surface area contributed by atoms with Gasteiger partial charge < -0.3 is 9.84 Å². The summed E-state index contributed by atoms with van der Waals surface area (Å²) in [5, 5.41) is 9.38. The van der Waals surface area contributed by atoms with Crippen molar-refractivity contribution in [1.82, 2.24) is 14.7 Å². The average molecular weight is 623 g/mol. The molecule has 4 rings (SSSR count). The first-order valence-corrected chi connectivity index (χ1v) is 16.5. The molecule has 0 saturated heterocycles. The number of sulfonamides is 1. The van der Waals surface area contributed by atoms with Crippen LogP contribution in [0.3, 0.4) is 0 Å². The number of carbonyl (C=O) groups excluding carboxylic acids is 1. The number of anilines is 1. The van der Waals surface area contributed by atoms with Crippen LogP contribution in [0.15, 0.2) is 71.9 Å². The van der Waals surface area contributed by atoms with E-state index in [4.69, 9.17) is 4.74 Å². The Morgan fingerprint density at radius 1 is 1.07 bits per heavy atom. The second kappa shape index (κ2) is 13.9. The molecule has 0 aliphatic heterocycles. The Morgan fingerprint density at radius 2 is 1.80 bits per heavy atom. The van der Waals surface area contributed by atoms with Crippen LogP contribution in [0, 0.1) is 0 Å². The van der Waals surface area contributed by atoms with Gasteiger partial charge in [-0.2, -0.15) is 0 Å². The molecule has 44 heavy (non-hydrogen) atoms. The van der Waals surface area contributed by atoms with Gasteiger partial charge >= 0.3 is 12.1 Å². The summed E-state index contributed by atoms with van der Waals surface area (Å²) in [6.07, 6.45) is 7.88. The molecule has 236 valence electrons. The molecule has 1 amide bonds. The van der Waals surface area contributed by atoms with E-state index in [1.807, 2.05) is 12.1 Å². The SMILES string of the molecule is CCCCC1(c2ccc(CC(NS(=O)(=O)c3ccccn3)c3cccc(N(CC(=O)O)C(=O)OC(C)(C)C)n3)cc2)CCC1. The van der Waals surface area contributed by atoms with Crippen LogP contribution in [0.1, 0.15) is 89.1 Å². The topological polar surface area (TPSA) is 139 Å². The zero-order chi connectivity index (χ0) is 32.0. The molecular formula is C33H42N4O6S. The normalized spacial score (nSPS) is 15.2. The van der Waals surface area contributed by atoms with E-state index in [1.165, 1.54) is 49.6 Å².